The van der Waals surface area contributed by atoms with Gasteiger partial charge in [-0.2, -0.15) is 0 Å². The van der Waals surface area contributed by atoms with Gasteiger partial charge < -0.3 is 10.1 Å². The Morgan fingerprint density at radius 2 is 1.23 bits per heavy atom. The summed E-state index contributed by atoms with van der Waals surface area (Å²) in [6.07, 6.45) is 23.0. The molecule has 0 unspecified atom stereocenters. The van der Waals surface area contributed by atoms with Gasteiger partial charge in [0.15, 0.2) is 5.13 Å². The number of aromatic nitrogens is 1. The highest BCUT2D eigenvalue weighted by atomic mass is 32.1. The average molecular weight is 557 g/mol. The van der Waals surface area contributed by atoms with Gasteiger partial charge in [-0.1, -0.05) is 129 Å². The van der Waals surface area contributed by atoms with Crippen LogP contribution in [0.1, 0.15) is 142 Å². The fourth-order valence-electron chi connectivity index (χ4n) is 4.75. The maximum atomic E-state index is 12.5. The van der Waals surface area contributed by atoms with E-state index in [2.05, 4.69) is 24.1 Å². The molecule has 218 valence electrons. The van der Waals surface area contributed by atoms with Gasteiger partial charge >= 0.3 is 5.97 Å². The lowest BCUT2D eigenvalue weighted by atomic mass is 10.1. The Kier molecular flexibility index (Phi) is 18.3. The van der Waals surface area contributed by atoms with Gasteiger partial charge in [-0.25, -0.2) is 4.98 Å². The van der Waals surface area contributed by atoms with Crippen molar-refractivity contribution in [2.75, 3.05) is 5.32 Å². The lowest BCUT2D eigenvalue weighted by Crippen LogP contribution is -2.11. The van der Waals surface area contributed by atoms with Gasteiger partial charge in [-0.15, -0.1) is 11.3 Å². The highest BCUT2D eigenvalue weighted by Gasteiger charge is 2.14. The molecule has 0 aliphatic rings. The molecule has 1 amide bonds. The van der Waals surface area contributed by atoms with Crippen LogP contribution < -0.4 is 10.1 Å². The molecule has 39 heavy (non-hydrogen) atoms. The SMILES string of the molecule is CCCCCCCCCCCC(=O)Nc1nc(-c2ccccc2OC(=O)CCCCCCCCCCC)cs1. The van der Waals surface area contributed by atoms with E-state index < -0.39 is 0 Å². The molecule has 0 radical (unpaired) electrons. The number of nitrogens with zero attached hydrogens (tertiary/aromatic N) is 1. The van der Waals surface area contributed by atoms with Crippen molar-refractivity contribution in [3.05, 3.63) is 29.6 Å². The summed E-state index contributed by atoms with van der Waals surface area (Å²) in [6.45, 7) is 4.49. The molecule has 1 heterocycles. The normalized spacial score (nSPS) is 11.0. The largest absolute Gasteiger partial charge is 0.426 e. The van der Waals surface area contributed by atoms with Crippen LogP contribution in [-0.4, -0.2) is 16.9 Å². The maximum absolute atomic E-state index is 12.5. The summed E-state index contributed by atoms with van der Waals surface area (Å²) in [5.74, 6) is 0.339. The number of para-hydroxylation sites is 1. The molecule has 1 aromatic heterocycles. The van der Waals surface area contributed by atoms with E-state index in [1.807, 2.05) is 29.6 Å². The van der Waals surface area contributed by atoms with Crippen molar-refractivity contribution in [2.45, 2.75) is 142 Å². The van der Waals surface area contributed by atoms with E-state index in [1.54, 1.807) is 0 Å². The minimum atomic E-state index is -0.199. The van der Waals surface area contributed by atoms with Gasteiger partial charge in [-0.05, 0) is 25.0 Å². The van der Waals surface area contributed by atoms with Gasteiger partial charge in [-0.3, -0.25) is 9.59 Å². The fraction of sp³-hybridized carbons (Fsp3) is 0.667. The number of unbranched alkanes of at least 4 members (excludes halogenated alkanes) is 16. The summed E-state index contributed by atoms with van der Waals surface area (Å²) in [4.78, 5) is 29.5. The molecule has 0 saturated carbocycles. The molecule has 1 aromatic carbocycles. The molecule has 0 bridgehead atoms. The van der Waals surface area contributed by atoms with E-state index in [0.29, 0.717) is 29.4 Å². The van der Waals surface area contributed by atoms with Crippen molar-refractivity contribution in [1.29, 1.82) is 0 Å². The van der Waals surface area contributed by atoms with E-state index in [4.69, 9.17) is 4.74 Å². The number of amides is 1. The lowest BCUT2D eigenvalue weighted by Gasteiger charge is -2.08. The second kappa shape index (κ2) is 21.6. The van der Waals surface area contributed by atoms with Crippen LogP contribution >= 0.6 is 11.3 Å². The van der Waals surface area contributed by atoms with Crippen LogP contribution in [0.25, 0.3) is 11.3 Å². The smallest absolute Gasteiger partial charge is 0.311 e. The van der Waals surface area contributed by atoms with Gasteiger partial charge in [0.2, 0.25) is 5.91 Å². The maximum Gasteiger partial charge on any atom is 0.311 e. The first kappa shape index (κ1) is 33.0. The Hall–Kier alpha value is -2.21. The van der Waals surface area contributed by atoms with Crippen molar-refractivity contribution >= 4 is 28.3 Å². The third-order valence-electron chi connectivity index (χ3n) is 7.13. The van der Waals surface area contributed by atoms with E-state index in [1.165, 1.54) is 101 Å². The third-order valence-corrected chi connectivity index (χ3v) is 7.89. The van der Waals surface area contributed by atoms with Crippen molar-refractivity contribution < 1.29 is 14.3 Å². The van der Waals surface area contributed by atoms with Crippen LogP contribution in [0.2, 0.25) is 0 Å². The molecular formula is C33H52N2O3S. The Morgan fingerprint density at radius 3 is 1.82 bits per heavy atom. The number of hydrogen-bond donors (Lipinski definition) is 1. The van der Waals surface area contributed by atoms with Crippen LogP contribution in [0.3, 0.4) is 0 Å². The monoisotopic (exact) mass is 556 g/mol. The van der Waals surface area contributed by atoms with Gasteiger partial charge in [0.05, 0.1) is 5.69 Å². The van der Waals surface area contributed by atoms with Crippen LogP contribution in [0.4, 0.5) is 5.13 Å². The van der Waals surface area contributed by atoms with Crippen molar-refractivity contribution in [3.63, 3.8) is 0 Å². The molecule has 0 saturated heterocycles. The zero-order valence-corrected chi connectivity index (χ0v) is 25.4. The molecule has 0 aliphatic carbocycles. The first-order valence-corrected chi connectivity index (χ1v) is 16.6. The number of esters is 1. The van der Waals surface area contributed by atoms with Crippen molar-refractivity contribution in [3.8, 4) is 17.0 Å². The van der Waals surface area contributed by atoms with E-state index in [0.717, 1.165) is 31.2 Å². The number of benzene rings is 1. The Bertz CT molecular complexity index is 927. The quantitative estimate of drug-likeness (QED) is 0.0839. The third kappa shape index (κ3) is 15.2. The number of nitrogens with one attached hydrogen (secondary N) is 1. The van der Waals surface area contributed by atoms with Crippen LogP contribution in [-0.2, 0) is 9.59 Å². The van der Waals surface area contributed by atoms with E-state index in [9.17, 15) is 9.59 Å². The zero-order valence-electron chi connectivity index (χ0n) is 24.6. The highest BCUT2D eigenvalue weighted by Crippen LogP contribution is 2.32. The van der Waals surface area contributed by atoms with Gasteiger partial charge in [0.1, 0.15) is 5.75 Å². The molecule has 6 heteroatoms. The van der Waals surface area contributed by atoms with Gasteiger partial charge in [0.25, 0.3) is 0 Å². The van der Waals surface area contributed by atoms with Crippen LogP contribution in [0.15, 0.2) is 29.6 Å². The van der Waals surface area contributed by atoms with Crippen molar-refractivity contribution in [2.24, 2.45) is 0 Å². The Labute approximate surface area is 241 Å². The summed E-state index contributed by atoms with van der Waals surface area (Å²) in [5.41, 5.74) is 1.48. The number of hydrogen-bond acceptors (Lipinski definition) is 5. The molecule has 2 rings (SSSR count). The summed E-state index contributed by atoms with van der Waals surface area (Å²) in [5, 5.41) is 5.43. The van der Waals surface area contributed by atoms with E-state index >= 15 is 0 Å². The number of anilines is 1. The molecule has 0 aliphatic heterocycles. The number of carbonyl (C=O) groups excluding carboxylic acids is 2. The highest BCUT2D eigenvalue weighted by molar-refractivity contribution is 7.14. The Balaban J connectivity index is 1.68. The Morgan fingerprint density at radius 1 is 0.718 bits per heavy atom. The minimum Gasteiger partial charge on any atom is -0.426 e. The topological polar surface area (TPSA) is 68.3 Å². The standard InChI is InChI=1S/C33H52N2O3S/c1-3-5-7-9-11-13-15-17-19-25-31(36)35-33-34-29(27-39-33)28-23-21-22-24-30(28)38-32(37)26-20-18-16-14-12-10-8-6-4-2/h21-24,27H,3-20,25-26H2,1-2H3,(H,34,35,36). The summed E-state index contributed by atoms with van der Waals surface area (Å²) >= 11 is 1.40. The van der Waals surface area contributed by atoms with Crippen molar-refractivity contribution in [1.82, 2.24) is 4.98 Å². The fourth-order valence-corrected chi connectivity index (χ4v) is 5.48. The first-order chi connectivity index (χ1) is 19.1. The average Bonchev–Trinajstić information content (AvgIpc) is 3.39. The second-order valence-electron chi connectivity index (χ2n) is 10.7. The molecular weight excluding hydrogens is 504 g/mol. The zero-order chi connectivity index (χ0) is 28.0. The predicted octanol–water partition coefficient (Wildman–Crippen LogP) is 10.5. The number of rotatable bonds is 23. The molecule has 0 fully saturated rings. The number of carbonyl (C=O) groups is 2. The summed E-state index contributed by atoms with van der Waals surface area (Å²) in [7, 11) is 0. The number of thiazole rings is 1. The molecule has 5 nitrogen and oxygen atoms in total. The lowest BCUT2D eigenvalue weighted by molar-refractivity contribution is -0.134. The molecule has 1 N–H and O–H groups in total. The van der Waals surface area contributed by atoms with Gasteiger partial charge in [0, 0.05) is 23.8 Å². The minimum absolute atomic E-state index is 0.0134. The molecule has 0 atom stereocenters. The van der Waals surface area contributed by atoms with Crippen LogP contribution in [0, 0.1) is 0 Å². The predicted molar refractivity (Wildman–Crippen MR) is 166 cm³/mol. The summed E-state index contributed by atoms with van der Waals surface area (Å²) < 4.78 is 5.71. The second-order valence-corrected chi connectivity index (χ2v) is 11.6. The van der Waals surface area contributed by atoms with Crippen LogP contribution in [0.5, 0.6) is 5.75 Å². The first-order valence-electron chi connectivity index (χ1n) is 15.7. The molecule has 2 aromatic rings. The summed E-state index contributed by atoms with van der Waals surface area (Å²) in [6, 6.07) is 7.49. The molecule has 0 spiro atoms. The van der Waals surface area contributed by atoms with E-state index in [-0.39, 0.29) is 11.9 Å². The number of ether oxygens (including phenoxy) is 1.